The van der Waals surface area contributed by atoms with Crippen LogP contribution in [0.25, 0.3) is 0 Å². The molecular formula is C19H35N9O8. The predicted molar refractivity (Wildman–Crippen MR) is 125 cm³/mol. The van der Waals surface area contributed by atoms with Crippen LogP contribution in [0.4, 0.5) is 0 Å². The van der Waals surface area contributed by atoms with Crippen LogP contribution in [0, 0.1) is 0 Å². The number of aliphatic imine (C=N–C) groups is 1. The maximum absolute atomic E-state index is 12.7. The number of carbonyl (C=O) groups excluding carboxylic acids is 5. The van der Waals surface area contributed by atoms with Crippen molar-refractivity contribution in [1.82, 2.24) is 16.0 Å². The highest BCUT2D eigenvalue weighted by molar-refractivity contribution is 5.96. The van der Waals surface area contributed by atoms with Gasteiger partial charge in [0.25, 0.3) is 0 Å². The molecule has 0 radical (unpaired) electrons. The van der Waals surface area contributed by atoms with Crippen molar-refractivity contribution in [2.45, 2.75) is 69.3 Å². The number of carboxylic acid groups (broad SMARTS) is 1. The van der Waals surface area contributed by atoms with E-state index in [9.17, 15) is 39.0 Å². The molecule has 0 fully saturated rings. The molecule has 0 aromatic carbocycles. The molecular weight excluding hydrogens is 482 g/mol. The van der Waals surface area contributed by atoms with Crippen LogP contribution in [-0.2, 0) is 28.8 Å². The fraction of sp³-hybridized carbons (Fsp3) is 0.632. The summed E-state index contributed by atoms with van der Waals surface area (Å²) in [5.74, 6) is -6.41. The minimum absolute atomic E-state index is 0.129. The Kier molecular flexibility index (Phi) is 14.1. The molecule has 0 aliphatic rings. The Balaban J connectivity index is 5.35. The highest BCUT2D eigenvalue weighted by Crippen LogP contribution is 2.03. The lowest BCUT2D eigenvalue weighted by Gasteiger charge is -2.26. The van der Waals surface area contributed by atoms with Crippen LogP contribution in [-0.4, -0.2) is 88.5 Å². The maximum Gasteiger partial charge on any atom is 0.326 e. The molecule has 0 aromatic rings. The Hall–Kier alpha value is -3.99. The second kappa shape index (κ2) is 15.8. The molecule has 5 atom stereocenters. The van der Waals surface area contributed by atoms with Crippen LogP contribution in [0.5, 0.6) is 0 Å². The number of guanidine groups is 1. The third kappa shape index (κ3) is 13.0. The summed E-state index contributed by atoms with van der Waals surface area (Å²) in [4.78, 5) is 75.1. The Morgan fingerprint density at radius 2 is 1.42 bits per heavy atom. The fourth-order valence-corrected chi connectivity index (χ4v) is 2.80. The molecule has 0 aliphatic carbocycles. The highest BCUT2D eigenvalue weighted by Gasteiger charge is 2.33. The van der Waals surface area contributed by atoms with E-state index in [-0.39, 0.29) is 31.8 Å². The smallest absolute Gasteiger partial charge is 0.326 e. The van der Waals surface area contributed by atoms with Gasteiger partial charge in [0.1, 0.15) is 18.1 Å². The summed E-state index contributed by atoms with van der Waals surface area (Å²) >= 11 is 0. The first kappa shape index (κ1) is 32.0. The van der Waals surface area contributed by atoms with Gasteiger partial charge >= 0.3 is 5.97 Å². The number of primary amides is 2. The molecule has 0 aromatic heterocycles. The fourth-order valence-electron chi connectivity index (χ4n) is 2.80. The second-order valence-corrected chi connectivity index (χ2v) is 7.92. The summed E-state index contributed by atoms with van der Waals surface area (Å²) in [5.41, 5.74) is 26.3. The topological polar surface area (TPSA) is 321 Å². The molecule has 17 heteroatoms. The number of nitrogens with zero attached hydrogens (tertiary/aromatic N) is 1. The summed E-state index contributed by atoms with van der Waals surface area (Å²) in [6.07, 6.45) is -2.40. The van der Waals surface area contributed by atoms with Gasteiger partial charge < -0.3 is 54.8 Å². The summed E-state index contributed by atoms with van der Waals surface area (Å²) in [6.45, 7) is 1.40. The van der Waals surface area contributed by atoms with E-state index in [0.29, 0.717) is 6.42 Å². The van der Waals surface area contributed by atoms with E-state index >= 15 is 0 Å². The Morgan fingerprint density at radius 3 is 1.89 bits per heavy atom. The molecule has 0 bridgehead atoms. The molecule has 5 amide bonds. The molecule has 0 rings (SSSR count). The number of nitrogens with one attached hydrogen (secondary N) is 3. The van der Waals surface area contributed by atoms with Crippen molar-refractivity contribution in [2.24, 2.45) is 33.7 Å². The predicted octanol–water partition coefficient (Wildman–Crippen LogP) is -5.57. The van der Waals surface area contributed by atoms with Crippen molar-refractivity contribution in [3.8, 4) is 0 Å². The summed E-state index contributed by atoms with van der Waals surface area (Å²) in [7, 11) is 0. The van der Waals surface area contributed by atoms with E-state index in [1.807, 2.05) is 0 Å². The summed E-state index contributed by atoms with van der Waals surface area (Å²) in [5, 5.41) is 25.7. The van der Waals surface area contributed by atoms with E-state index in [2.05, 4.69) is 20.9 Å². The number of amides is 5. The van der Waals surface area contributed by atoms with Crippen molar-refractivity contribution in [2.75, 3.05) is 6.54 Å². The van der Waals surface area contributed by atoms with Gasteiger partial charge in [-0.15, -0.1) is 0 Å². The normalized spacial score (nSPS) is 14.8. The lowest BCUT2D eigenvalue weighted by molar-refractivity contribution is -0.143. The SMILES string of the molecule is CC(O)C(NC(=O)C(N)CCCN=C(N)N)C(=O)NC(CC(N)=O)C(=O)NC(CCC(N)=O)C(=O)O. The number of hydrogen-bond acceptors (Lipinski definition) is 9. The molecule has 204 valence electrons. The van der Waals surface area contributed by atoms with E-state index in [4.69, 9.17) is 28.7 Å². The van der Waals surface area contributed by atoms with Crippen LogP contribution in [0.15, 0.2) is 4.99 Å². The highest BCUT2D eigenvalue weighted by atomic mass is 16.4. The standard InChI is InChI=1S/C19H35N9O8/c1-8(29)14(28-15(32)9(20)3-2-6-25-19(23)24)17(34)27-11(7-13(22)31)16(33)26-10(18(35)36)4-5-12(21)30/h8-11,14,29H,2-7,20H2,1H3,(H2,21,30)(H2,22,31)(H,26,33)(H,27,34)(H,28,32)(H,35,36)(H4,23,24,25). The molecule has 0 saturated carbocycles. The van der Waals surface area contributed by atoms with Crippen molar-refractivity contribution in [1.29, 1.82) is 0 Å². The number of rotatable bonds is 17. The molecule has 17 nitrogen and oxygen atoms in total. The Labute approximate surface area is 206 Å². The van der Waals surface area contributed by atoms with Crippen molar-refractivity contribution in [3.63, 3.8) is 0 Å². The number of nitrogens with two attached hydrogens (primary N) is 5. The van der Waals surface area contributed by atoms with Crippen LogP contribution in [0.1, 0.15) is 39.0 Å². The van der Waals surface area contributed by atoms with Gasteiger partial charge in [-0.3, -0.25) is 29.0 Å². The lowest BCUT2D eigenvalue weighted by atomic mass is 10.1. The summed E-state index contributed by atoms with van der Waals surface area (Å²) < 4.78 is 0. The van der Waals surface area contributed by atoms with Crippen LogP contribution in [0.3, 0.4) is 0 Å². The number of carboxylic acids is 1. The number of hydrogen-bond donors (Lipinski definition) is 10. The number of aliphatic carboxylic acids is 1. The first-order chi connectivity index (χ1) is 16.6. The van der Waals surface area contributed by atoms with E-state index in [1.54, 1.807) is 0 Å². The van der Waals surface area contributed by atoms with Gasteiger partial charge in [0.2, 0.25) is 29.5 Å². The molecule has 0 heterocycles. The molecule has 15 N–H and O–H groups in total. The molecule has 0 saturated heterocycles. The average molecular weight is 518 g/mol. The lowest BCUT2D eigenvalue weighted by Crippen LogP contribution is -2.60. The first-order valence-corrected chi connectivity index (χ1v) is 10.8. The third-order valence-corrected chi connectivity index (χ3v) is 4.70. The third-order valence-electron chi connectivity index (χ3n) is 4.70. The number of aliphatic hydroxyl groups is 1. The van der Waals surface area contributed by atoms with E-state index in [0.717, 1.165) is 0 Å². The number of carbonyl (C=O) groups is 6. The van der Waals surface area contributed by atoms with Crippen LogP contribution >= 0.6 is 0 Å². The Morgan fingerprint density at radius 1 is 0.833 bits per heavy atom. The molecule has 36 heavy (non-hydrogen) atoms. The van der Waals surface area contributed by atoms with Crippen molar-refractivity contribution < 1.29 is 39.0 Å². The number of aliphatic hydroxyl groups excluding tert-OH is 1. The minimum atomic E-state index is -1.66. The second-order valence-electron chi connectivity index (χ2n) is 7.92. The van der Waals surface area contributed by atoms with Gasteiger partial charge in [-0.05, 0) is 26.2 Å². The van der Waals surface area contributed by atoms with Gasteiger partial charge in [-0.1, -0.05) is 0 Å². The largest absolute Gasteiger partial charge is 0.480 e. The van der Waals surface area contributed by atoms with E-state index < -0.39 is 72.2 Å². The quantitative estimate of drug-likeness (QED) is 0.0492. The molecule has 5 unspecified atom stereocenters. The van der Waals surface area contributed by atoms with Crippen molar-refractivity contribution in [3.05, 3.63) is 0 Å². The van der Waals surface area contributed by atoms with E-state index in [1.165, 1.54) is 6.92 Å². The Bertz CT molecular complexity index is 845. The van der Waals surface area contributed by atoms with Gasteiger partial charge in [-0.25, -0.2) is 4.79 Å². The van der Waals surface area contributed by atoms with Gasteiger partial charge in [-0.2, -0.15) is 0 Å². The molecule has 0 spiro atoms. The average Bonchev–Trinajstić information content (AvgIpc) is 2.75. The van der Waals surface area contributed by atoms with Crippen LogP contribution in [0.2, 0.25) is 0 Å². The monoisotopic (exact) mass is 517 g/mol. The summed E-state index contributed by atoms with van der Waals surface area (Å²) in [6, 6.07) is -5.88. The van der Waals surface area contributed by atoms with Gasteiger partial charge in [0, 0.05) is 13.0 Å². The zero-order valence-electron chi connectivity index (χ0n) is 19.8. The van der Waals surface area contributed by atoms with Gasteiger partial charge in [0.05, 0.1) is 18.6 Å². The maximum atomic E-state index is 12.7. The van der Waals surface area contributed by atoms with Crippen LogP contribution < -0.4 is 44.6 Å². The molecule has 0 aliphatic heterocycles. The minimum Gasteiger partial charge on any atom is -0.480 e. The van der Waals surface area contributed by atoms with Gasteiger partial charge in [0.15, 0.2) is 5.96 Å². The first-order valence-electron chi connectivity index (χ1n) is 10.8. The zero-order valence-corrected chi connectivity index (χ0v) is 19.8. The zero-order chi connectivity index (χ0) is 28.0. The van der Waals surface area contributed by atoms with Crippen molar-refractivity contribution >= 4 is 41.5 Å².